The molecule has 0 spiro atoms. The minimum Gasteiger partial charge on any atom is -0.495 e. The molecule has 2 aromatic rings. The van der Waals surface area contributed by atoms with Gasteiger partial charge >= 0.3 is 0 Å². The van der Waals surface area contributed by atoms with E-state index in [-0.39, 0.29) is 18.4 Å². The average molecular weight is 362 g/mol. The molecule has 132 valence electrons. The highest BCUT2D eigenvalue weighted by Gasteiger charge is 2.10. The summed E-state index contributed by atoms with van der Waals surface area (Å²) in [6, 6.07) is 10.5. The van der Waals surface area contributed by atoms with E-state index in [4.69, 9.17) is 16.3 Å². The molecule has 2 rings (SSSR count). The van der Waals surface area contributed by atoms with Gasteiger partial charge in [0, 0.05) is 29.4 Å². The zero-order chi connectivity index (χ0) is 18.4. The Bertz CT molecular complexity index is 776. The van der Waals surface area contributed by atoms with E-state index in [0.717, 1.165) is 11.3 Å². The molecule has 0 unspecified atom stereocenters. The Morgan fingerprint density at radius 3 is 2.32 bits per heavy atom. The number of halogens is 1. The molecule has 2 amide bonds. The van der Waals surface area contributed by atoms with Gasteiger partial charge in [-0.15, -0.1) is 0 Å². The van der Waals surface area contributed by atoms with Crippen molar-refractivity contribution >= 4 is 40.5 Å². The van der Waals surface area contributed by atoms with Crippen LogP contribution >= 0.6 is 11.6 Å². The fourth-order valence-corrected chi connectivity index (χ4v) is 2.33. The van der Waals surface area contributed by atoms with Crippen LogP contribution in [0.2, 0.25) is 5.02 Å². The number of carbonyl (C=O) groups excluding carboxylic acids is 2. The molecule has 2 aromatic carbocycles. The van der Waals surface area contributed by atoms with Crippen molar-refractivity contribution < 1.29 is 14.3 Å². The zero-order valence-corrected chi connectivity index (χ0v) is 15.0. The van der Waals surface area contributed by atoms with Gasteiger partial charge in [-0.2, -0.15) is 0 Å². The number of benzene rings is 2. The number of aryl methyl sites for hydroxylation is 1. The highest BCUT2D eigenvalue weighted by Crippen LogP contribution is 2.30. The molecule has 0 aliphatic carbocycles. The van der Waals surface area contributed by atoms with Crippen molar-refractivity contribution in [3.63, 3.8) is 0 Å². The molecule has 7 heteroatoms. The molecular weight excluding hydrogens is 342 g/mol. The van der Waals surface area contributed by atoms with Crippen LogP contribution in [0.5, 0.6) is 5.75 Å². The van der Waals surface area contributed by atoms with Crippen LogP contribution in [0, 0.1) is 6.92 Å². The van der Waals surface area contributed by atoms with Gasteiger partial charge in [-0.3, -0.25) is 9.59 Å². The van der Waals surface area contributed by atoms with Gasteiger partial charge in [-0.05, 0) is 42.8 Å². The van der Waals surface area contributed by atoms with Gasteiger partial charge < -0.3 is 20.7 Å². The van der Waals surface area contributed by atoms with Crippen molar-refractivity contribution in [2.45, 2.75) is 13.8 Å². The van der Waals surface area contributed by atoms with E-state index in [9.17, 15) is 9.59 Å². The topological polar surface area (TPSA) is 79.5 Å². The SMILES string of the molecule is COc1cc(Cl)c(C)cc1NC(=O)CNc1ccc(NC(C)=O)cc1. The van der Waals surface area contributed by atoms with Crippen molar-refractivity contribution in [2.75, 3.05) is 29.6 Å². The summed E-state index contributed by atoms with van der Waals surface area (Å²) in [6.07, 6.45) is 0. The molecule has 0 heterocycles. The number of hydrogen-bond acceptors (Lipinski definition) is 4. The third-order valence-corrected chi connectivity index (χ3v) is 3.82. The smallest absolute Gasteiger partial charge is 0.243 e. The van der Waals surface area contributed by atoms with Crippen molar-refractivity contribution in [3.8, 4) is 5.75 Å². The van der Waals surface area contributed by atoms with E-state index < -0.39 is 0 Å². The first-order valence-electron chi connectivity index (χ1n) is 7.64. The van der Waals surface area contributed by atoms with Crippen molar-refractivity contribution in [1.82, 2.24) is 0 Å². The lowest BCUT2D eigenvalue weighted by atomic mass is 10.2. The Hall–Kier alpha value is -2.73. The first-order chi connectivity index (χ1) is 11.9. The largest absolute Gasteiger partial charge is 0.495 e. The summed E-state index contributed by atoms with van der Waals surface area (Å²) in [6.45, 7) is 3.39. The van der Waals surface area contributed by atoms with Crippen molar-refractivity contribution in [1.29, 1.82) is 0 Å². The van der Waals surface area contributed by atoms with Crippen LogP contribution in [0.1, 0.15) is 12.5 Å². The second-order valence-corrected chi connectivity index (χ2v) is 5.87. The minimum atomic E-state index is -0.217. The lowest BCUT2D eigenvalue weighted by Gasteiger charge is -2.13. The van der Waals surface area contributed by atoms with Gasteiger partial charge in [0.2, 0.25) is 11.8 Å². The van der Waals surface area contributed by atoms with Gasteiger partial charge in [-0.25, -0.2) is 0 Å². The van der Waals surface area contributed by atoms with Crippen LogP contribution in [-0.2, 0) is 9.59 Å². The Morgan fingerprint density at radius 2 is 1.72 bits per heavy atom. The van der Waals surface area contributed by atoms with Crippen LogP contribution in [0.15, 0.2) is 36.4 Å². The Kier molecular flexibility index (Phi) is 6.25. The number of rotatable bonds is 6. The molecule has 0 bridgehead atoms. The van der Waals surface area contributed by atoms with Gasteiger partial charge in [0.25, 0.3) is 0 Å². The van der Waals surface area contributed by atoms with E-state index in [1.165, 1.54) is 14.0 Å². The summed E-state index contributed by atoms with van der Waals surface area (Å²) in [5.74, 6) is 0.155. The summed E-state index contributed by atoms with van der Waals surface area (Å²) in [5, 5.41) is 9.07. The molecule has 0 saturated carbocycles. The van der Waals surface area contributed by atoms with Gasteiger partial charge in [-0.1, -0.05) is 11.6 Å². The number of carbonyl (C=O) groups is 2. The van der Waals surface area contributed by atoms with Crippen LogP contribution < -0.4 is 20.7 Å². The summed E-state index contributed by atoms with van der Waals surface area (Å²) in [5.41, 5.74) is 2.88. The van der Waals surface area contributed by atoms with Crippen LogP contribution in [0.4, 0.5) is 17.1 Å². The Labute approximate surface area is 151 Å². The van der Waals surface area contributed by atoms with Crippen LogP contribution in [0.3, 0.4) is 0 Å². The van der Waals surface area contributed by atoms with E-state index in [2.05, 4.69) is 16.0 Å². The van der Waals surface area contributed by atoms with E-state index in [1.807, 2.05) is 6.92 Å². The monoisotopic (exact) mass is 361 g/mol. The molecular formula is C18H20ClN3O3. The quantitative estimate of drug-likeness (QED) is 0.733. The molecule has 0 saturated heterocycles. The zero-order valence-electron chi connectivity index (χ0n) is 14.3. The third-order valence-electron chi connectivity index (χ3n) is 3.41. The molecule has 25 heavy (non-hydrogen) atoms. The molecule has 0 aromatic heterocycles. The normalized spacial score (nSPS) is 10.1. The molecule has 0 aliphatic rings. The average Bonchev–Trinajstić information content (AvgIpc) is 2.57. The van der Waals surface area contributed by atoms with Crippen molar-refractivity contribution in [3.05, 3.63) is 47.0 Å². The number of ether oxygens (including phenoxy) is 1. The molecule has 0 atom stereocenters. The number of nitrogens with one attached hydrogen (secondary N) is 3. The Balaban J connectivity index is 1.95. The van der Waals surface area contributed by atoms with E-state index >= 15 is 0 Å². The second-order valence-electron chi connectivity index (χ2n) is 5.46. The summed E-state index contributed by atoms with van der Waals surface area (Å²) in [4.78, 5) is 23.1. The highest BCUT2D eigenvalue weighted by molar-refractivity contribution is 6.31. The van der Waals surface area contributed by atoms with Gasteiger partial charge in [0.05, 0.1) is 19.3 Å². The number of amides is 2. The lowest BCUT2D eigenvalue weighted by molar-refractivity contribution is -0.115. The van der Waals surface area contributed by atoms with Crippen LogP contribution in [-0.4, -0.2) is 25.5 Å². The highest BCUT2D eigenvalue weighted by atomic mass is 35.5. The predicted octanol–water partition coefficient (Wildman–Crippen LogP) is 3.67. The fourth-order valence-electron chi connectivity index (χ4n) is 2.18. The first kappa shape index (κ1) is 18.6. The molecule has 0 radical (unpaired) electrons. The maximum absolute atomic E-state index is 12.1. The third kappa shape index (κ3) is 5.39. The molecule has 3 N–H and O–H groups in total. The fraction of sp³-hybridized carbons (Fsp3) is 0.222. The Morgan fingerprint density at radius 1 is 1.08 bits per heavy atom. The lowest BCUT2D eigenvalue weighted by Crippen LogP contribution is -2.22. The van der Waals surface area contributed by atoms with Gasteiger partial charge in [0.1, 0.15) is 5.75 Å². The minimum absolute atomic E-state index is 0.0876. The van der Waals surface area contributed by atoms with Gasteiger partial charge in [0.15, 0.2) is 0 Å². The summed E-state index contributed by atoms with van der Waals surface area (Å²) >= 11 is 6.06. The van der Waals surface area contributed by atoms with E-state index in [1.54, 1.807) is 36.4 Å². The molecule has 0 fully saturated rings. The van der Waals surface area contributed by atoms with Crippen molar-refractivity contribution in [2.24, 2.45) is 0 Å². The molecule has 0 aliphatic heterocycles. The van der Waals surface area contributed by atoms with Crippen LogP contribution in [0.25, 0.3) is 0 Å². The summed E-state index contributed by atoms with van der Waals surface area (Å²) < 4.78 is 5.24. The maximum atomic E-state index is 12.1. The second kappa shape index (κ2) is 8.39. The van der Waals surface area contributed by atoms with E-state index in [0.29, 0.717) is 22.1 Å². The standard InChI is InChI=1S/C18H20ClN3O3/c1-11-8-16(17(25-3)9-15(11)19)22-18(24)10-20-13-4-6-14(7-5-13)21-12(2)23/h4-9,20H,10H2,1-3H3,(H,21,23)(H,22,24). The number of methoxy groups -OCH3 is 1. The first-order valence-corrected chi connectivity index (χ1v) is 8.02. The summed E-state index contributed by atoms with van der Waals surface area (Å²) in [7, 11) is 1.52. The molecule has 6 nitrogen and oxygen atoms in total. The number of hydrogen-bond donors (Lipinski definition) is 3. The predicted molar refractivity (Wildman–Crippen MR) is 101 cm³/mol. The maximum Gasteiger partial charge on any atom is 0.243 e. The number of anilines is 3.